The van der Waals surface area contributed by atoms with Crippen LogP contribution in [0.3, 0.4) is 0 Å². The molecule has 0 aromatic carbocycles. The van der Waals surface area contributed by atoms with Crippen molar-refractivity contribution in [2.45, 2.75) is 38.5 Å². The number of hydrogen-bond donors (Lipinski definition) is 1. The maximum Gasteiger partial charge on any atom is 0.153 e. The Morgan fingerprint density at radius 2 is 1.87 bits per heavy atom. The molecule has 0 spiro atoms. The molecule has 4 nitrogen and oxygen atoms in total. The predicted molar refractivity (Wildman–Crippen MR) is 65.1 cm³/mol. The smallest absolute Gasteiger partial charge is 0.153 e. The molecular weight excluding hydrogens is 234 g/mol. The quantitative estimate of drug-likeness (QED) is 0.709. The molecule has 6 heteroatoms. The zero-order valence-electron chi connectivity index (χ0n) is 9.60. The van der Waals surface area contributed by atoms with Gasteiger partial charge in [0.15, 0.2) is 9.84 Å². The van der Waals surface area contributed by atoms with Gasteiger partial charge < -0.3 is 5.73 Å². The molecule has 0 rings (SSSR count). The first-order valence-corrected chi connectivity index (χ1v) is 8.32. The van der Waals surface area contributed by atoms with Crippen LogP contribution >= 0.6 is 0 Å². The lowest BCUT2D eigenvalue weighted by Crippen LogP contribution is -2.29. The van der Waals surface area contributed by atoms with Crippen molar-refractivity contribution >= 4 is 20.6 Å². The van der Waals surface area contributed by atoms with E-state index in [9.17, 15) is 12.6 Å². The lowest BCUT2D eigenvalue weighted by molar-refractivity contribution is 0.588. The molecule has 2 unspecified atom stereocenters. The minimum atomic E-state index is -3.07. The van der Waals surface area contributed by atoms with E-state index in [-0.39, 0.29) is 17.5 Å². The van der Waals surface area contributed by atoms with Crippen molar-refractivity contribution in [2.75, 3.05) is 17.3 Å². The highest BCUT2D eigenvalue weighted by Gasteiger charge is 2.17. The van der Waals surface area contributed by atoms with Crippen molar-refractivity contribution < 1.29 is 12.6 Å². The van der Waals surface area contributed by atoms with Gasteiger partial charge in [-0.1, -0.05) is 6.92 Å². The highest BCUT2D eigenvalue weighted by molar-refractivity contribution is 7.93. The second kappa shape index (κ2) is 6.60. The highest BCUT2D eigenvalue weighted by Crippen LogP contribution is 2.02. The van der Waals surface area contributed by atoms with Gasteiger partial charge in [-0.2, -0.15) is 0 Å². The molecule has 0 saturated carbocycles. The maximum absolute atomic E-state index is 11.4. The van der Waals surface area contributed by atoms with Crippen molar-refractivity contribution in [3.63, 3.8) is 0 Å². The molecule has 0 heterocycles. The molecule has 0 aliphatic rings. The minimum absolute atomic E-state index is 0.00624. The average Bonchev–Trinajstić information content (AvgIpc) is 2.14. The van der Waals surface area contributed by atoms with E-state index < -0.39 is 25.9 Å². The van der Waals surface area contributed by atoms with Crippen LogP contribution in [0.15, 0.2) is 0 Å². The lowest BCUT2D eigenvalue weighted by atomic mass is 10.3. The zero-order valence-corrected chi connectivity index (χ0v) is 11.2. The molecule has 2 atom stereocenters. The summed E-state index contributed by atoms with van der Waals surface area (Å²) in [5, 5.41) is -0.394. The van der Waals surface area contributed by atoms with E-state index in [0.29, 0.717) is 5.75 Å². The van der Waals surface area contributed by atoms with E-state index in [1.165, 1.54) is 0 Å². The molecule has 0 aromatic rings. The Bertz CT molecular complexity index is 298. The molecular formula is C9H21NO3S2. The van der Waals surface area contributed by atoms with Gasteiger partial charge in [-0.25, -0.2) is 8.42 Å². The molecule has 0 aromatic heterocycles. The van der Waals surface area contributed by atoms with Gasteiger partial charge in [0.05, 0.1) is 11.0 Å². The summed E-state index contributed by atoms with van der Waals surface area (Å²) in [6.45, 7) is 5.19. The van der Waals surface area contributed by atoms with Crippen LogP contribution in [0.4, 0.5) is 0 Å². The summed E-state index contributed by atoms with van der Waals surface area (Å²) in [5.41, 5.74) is 5.63. The molecule has 15 heavy (non-hydrogen) atoms. The van der Waals surface area contributed by atoms with Gasteiger partial charge in [-0.05, 0) is 20.3 Å². The summed E-state index contributed by atoms with van der Waals surface area (Å²) < 4.78 is 34.3. The number of sulfone groups is 1. The van der Waals surface area contributed by atoms with Gasteiger partial charge in [0.25, 0.3) is 0 Å². The third-order valence-electron chi connectivity index (χ3n) is 2.24. The molecule has 0 radical (unpaired) electrons. The molecule has 0 aliphatic heterocycles. The molecule has 0 saturated heterocycles. The fourth-order valence-corrected chi connectivity index (χ4v) is 3.91. The number of hydrogen-bond acceptors (Lipinski definition) is 4. The summed E-state index contributed by atoms with van der Waals surface area (Å²) in [5.74, 6) is 0.589. The molecule has 0 amide bonds. The van der Waals surface area contributed by atoms with Crippen LogP contribution in [0, 0.1) is 0 Å². The topological polar surface area (TPSA) is 77.2 Å². The summed E-state index contributed by atoms with van der Waals surface area (Å²) in [7, 11) is -4.19. The molecule has 2 N–H and O–H groups in total. The van der Waals surface area contributed by atoms with Gasteiger partial charge in [-0.15, -0.1) is 0 Å². The molecule has 0 aliphatic carbocycles. The number of nitrogens with two attached hydrogens (primary N) is 1. The van der Waals surface area contributed by atoms with Crippen LogP contribution in [0.5, 0.6) is 0 Å². The van der Waals surface area contributed by atoms with E-state index in [1.807, 2.05) is 6.92 Å². The average molecular weight is 255 g/mol. The second-order valence-electron chi connectivity index (χ2n) is 3.89. The monoisotopic (exact) mass is 255 g/mol. The van der Waals surface area contributed by atoms with Gasteiger partial charge in [0.2, 0.25) is 0 Å². The Kier molecular flexibility index (Phi) is 6.63. The SMILES string of the molecule is CCC(N)CS(=O)CCS(=O)(=O)C(C)C. The van der Waals surface area contributed by atoms with Crippen LogP contribution < -0.4 is 5.73 Å². The largest absolute Gasteiger partial charge is 0.327 e. The van der Waals surface area contributed by atoms with Gasteiger partial charge >= 0.3 is 0 Å². The minimum Gasteiger partial charge on any atom is -0.327 e. The van der Waals surface area contributed by atoms with Crippen LogP contribution in [0.25, 0.3) is 0 Å². The third-order valence-corrected chi connectivity index (χ3v) is 6.17. The Balaban J connectivity index is 4.02. The fraction of sp³-hybridized carbons (Fsp3) is 1.00. The zero-order chi connectivity index (χ0) is 12.1. The second-order valence-corrected chi connectivity index (χ2v) is 8.19. The summed E-state index contributed by atoms with van der Waals surface area (Å²) in [6, 6.07) is -0.0902. The van der Waals surface area contributed by atoms with Gasteiger partial charge in [0, 0.05) is 28.3 Å². The predicted octanol–water partition coefficient (Wildman–Crippen LogP) is 0.296. The third kappa shape index (κ3) is 6.27. The van der Waals surface area contributed by atoms with Crippen LogP contribution in [-0.4, -0.2) is 41.2 Å². The van der Waals surface area contributed by atoms with E-state index in [2.05, 4.69) is 0 Å². The van der Waals surface area contributed by atoms with Crippen molar-refractivity contribution in [1.82, 2.24) is 0 Å². The van der Waals surface area contributed by atoms with E-state index >= 15 is 0 Å². The number of rotatable bonds is 7. The Morgan fingerprint density at radius 3 is 2.27 bits per heavy atom. The standard InChI is InChI=1S/C9H21NO3S2/c1-4-9(10)7-14(11)5-6-15(12,13)8(2)3/h8-9H,4-7,10H2,1-3H3. The van der Waals surface area contributed by atoms with Crippen LogP contribution in [0.2, 0.25) is 0 Å². The van der Waals surface area contributed by atoms with E-state index in [1.54, 1.807) is 13.8 Å². The summed E-state index contributed by atoms with van der Waals surface area (Å²) in [6.07, 6.45) is 0.767. The normalized spacial score (nSPS) is 16.6. The van der Waals surface area contributed by atoms with Crippen LogP contribution in [-0.2, 0) is 20.6 Å². The van der Waals surface area contributed by atoms with Gasteiger partial charge in [0.1, 0.15) is 0 Å². The first-order valence-electron chi connectivity index (χ1n) is 5.11. The fourth-order valence-electron chi connectivity index (χ4n) is 0.885. The van der Waals surface area contributed by atoms with Crippen molar-refractivity contribution in [3.05, 3.63) is 0 Å². The molecule has 0 fully saturated rings. The van der Waals surface area contributed by atoms with E-state index in [0.717, 1.165) is 6.42 Å². The summed E-state index contributed by atoms with van der Waals surface area (Å²) >= 11 is 0. The van der Waals surface area contributed by atoms with E-state index in [4.69, 9.17) is 5.73 Å². The molecule has 92 valence electrons. The maximum atomic E-state index is 11.4. The first-order chi connectivity index (χ1) is 6.79. The first kappa shape index (κ1) is 15.1. The molecule has 0 bridgehead atoms. The highest BCUT2D eigenvalue weighted by atomic mass is 32.2. The van der Waals surface area contributed by atoms with Crippen LogP contribution in [0.1, 0.15) is 27.2 Å². The Morgan fingerprint density at radius 1 is 1.33 bits per heavy atom. The van der Waals surface area contributed by atoms with Crippen molar-refractivity contribution in [1.29, 1.82) is 0 Å². The summed E-state index contributed by atoms with van der Waals surface area (Å²) in [4.78, 5) is 0. The lowest BCUT2D eigenvalue weighted by Gasteiger charge is -2.10. The Hall–Kier alpha value is 0.0600. The Labute approximate surface area is 95.0 Å². The van der Waals surface area contributed by atoms with Gasteiger partial charge in [-0.3, -0.25) is 4.21 Å². The van der Waals surface area contributed by atoms with Crippen molar-refractivity contribution in [2.24, 2.45) is 5.73 Å². The van der Waals surface area contributed by atoms with Crippen molar-refractivity contribution in [3.8, 4) is 0 Å².